The van der Waals surface area contributed by atoms with Crippen LogP contribution in [0.15, 0.2) is 48.5 Å². The Morgan fingerprint density at radius 3 is 2.42 bits per heavy atom. The van der Waals surface area contributed by atoms with Gasteiger partial charge < -0.3 is 20.8 Å². The molecule has 4 rings (SSSR count). The first-order chi connectivity index (χ1) is 17.2. The van der Waals surface area contributed by atoms with E-state index >= 15 is 0 Å². The van der Waals surface area contributed by atoms with Gasteiger partial charge in [0.15, 0.2) is 0 Å². The van der Waals surface area contributed by atoms with Crippen LogP contribution in [0.3, 0.4) is 0 Å². The molecule has 0 unspecified atom stereocenters. The molecular formula is C26H33N3O6S. The molecule has 1 saturated carbocycles. The molecular weight excluding hydrogens is 482 g/mol. The summed E-state index contributed by atoms with van der Waals surface area (Å²) in [5.74, 6) is -0.0836. The highest BCUT2D eigenvalue weighted by Crippen LogP contribution is 2.37. The second-order valence-corrected chi connectivity index (χ2v) is 11.6. The molecule has 0 spiro atoms. The SMILES string of the molecule is O=C(O)NC[C@@H](O)[C@H](Cc1ccccc1)NC(=O)c1cc(C2CCCC2)cc(N2CCCS2(=O)=O)c1. The van der Waals surface area contributed by atoms with Gasteiger partial charge in [0.25, 0.3) is 5.91 Å². The number of amides is 2. The predicted octanol–water partition coefficient (Wildman–Crippen LogP) is 2.85. The van der Waals surface area contributed by atoms with Gasteiger partial charge in [0.1, 0.15) is 0 Å². The van der Waals surface area contributed by atoms with E-state index in [0.717, 1.165) is 36.8 Å². The van der Waals surface area contributed by atoms with Gasteiger partial charge in [-0.05, 0) is 60.9 Å². The smallest absolute Gasteiger partial charge is 0.404 e. The van der Waals surface area contributed by atoms with Crippen LogP contribution in [0.1, 0.15) is 59.5 Å². The lowest BCUT2D eigenvalue weighted by Gasteiger charge is -2.25. The van der Waals surface area contributed by atoms with Gasteiger partial charge in [-0.2, -0.15) is 0 Å². The third-order valence-corrected chi connectivity index (χ3v) is 8.83. The summed E-state index contributed by atoms with van der Waals surface area (Å²) in [7, 11) is -3.42. The van der Waals surface area contributed by atoms with E-state index in [9.17, 15) is 23.1 Å². The molecule has 36 heavy (non-hydrogen) atoms. The molecule has 0 radical (unpaired) electrons. The van der Waals surface area contributed by atoms with E-state index in [4.69, 9.17) is 5.11 Å². The number of nitrogens with one attached hydrogen (secondary N) is 2. The third kappa shape index (κ3) is 6.36. The van der Waals surface area contributed by atoms with Crippen molar-refractivity contribution in [3.63, 3.8) is 0 Å². The number of carbonyl (C=O) groups is 2. The maximum absolute atomic E-state index is 13.5. The molecule has 4 N–H and O–H groups in total. The Balaban J connectivity index is 1.62. The minimum Gasteiger partial charge on any atom is -0.465 e. The summed E-state index contributed by atoms with van der Waals surface area (Å²) in [4.78, 5) is 24.4. The third-order valence-electron chi connectivity index (χ3n) is 6.96. The number of hydrogen-bond acceptors (Lipinski definition) is 5. The molecule has 1 heterocycles. The van der Waals surface area contributed by atoms with E-state index < -0.39 is 34.2 Å². The molecule has 2 fully saturated rings. The fourth-order valence-corrected chi connectivity index (χ4v) is 6.62. The van der Waals surface area contributed by atoms with Crippen molar-refractivity contribution in [2.75, 3.05) is 23.1 Å². The number of aliphatic hydroxyl groups excluding tert-OH is 1. The summed E-state index contributed by atoms with van der Waals surface area (Å²) < 4.78 is 26.6. The fraction of sp³-hybridized carbons (Fsp3) is 0.462. The highest BCUT2D eigenvalue weighted by atomic mass is 32.2. The zero-order valence-corrected chi connectivity index (χ0v) is 20.9. The average Bonchev–Trinajstić information content (AvgIpc) is 3.52. The number of anilines is 1. The van der Waals surface area contributed by atoms with Crippen LogP contribution in [-0.4, -0.2) is 61.6 Å². The van der Waals surface area contributed by atoms with Crippen LogP contribution in [0, 0.1) is 0 Å². The van der Waals surface area contributed by atoms with Gasteiger partial charge in [-0.3, -0.25) is 9.10 Å². The van der Waals surface area contributed by atoms with Crippen molar-refractivity contribution < 1.29 is 28.2 Å². The summed E-state index contributed by atoms with van der Waals surface area (Å²) in [6, 6.07) is 13.8. The number of nitrogens with zero attached hydrogens (tertiary/aromatic N) is 1. The van der Waals surface area contributed by atoms with Crippen LogP contribution in [0.5, 0.6) is 0 Å². The number of aliphatic hydroxyl groups is 1. The molecule has 1 aliphatic carbocycles. The van der Waals surface area contributed by atoms with E-state index in [0.29, 0.717) is 30.6 Å². The number of carbonyl (C=O) groups excluding carboxylic acids is 1. The van der Waals surface area contributed by atoms with Crippen molar-refractivity contribution in [1.82, 2.24) is 10.6 Å². The zero-order valence-electron chi connectivity index (χ0n) is 20.1. The van der Waals surface area contributed by atoms with Gasteiger partial charge in [-0.25, -0.2) is 13.2 Å². The predicted molar refractivity (Wildman–Crippen MR) is 137 cm³/mol. The van der Waals surface area contributed by atoms with E-state index in [1.165, 1.54) is 4.31 Å². The second kappa shape index (κ2) is 11.3. The molecule has 2 atom stereocenters. The molecule has 2 aliphatic rings. The standard InChI is InChI=1S/C26H33N3O6S/c30-24(17-27-26(32)33)23(13-18-7-2-1-3-8-18)28-25(31)21-14-20(19-9-4-5-10-19)15-22(16-21)29-11-6-12-36(29,34)35/h1-3,7-8,14-16,19,23-24,27,30H,4-6,9-13,17H2,(H,28,31)(H,32,33)/t23-,24+/m0/s1. The quantitative estimate of drug-likeness (QED) is 0.406. The number of benzene rings is 2. The lowest BCUT2D eigenvalue weighted by molar-refractivity contribution is 0.0830. The summed E-state index contributed by atoms with van der Waals surface area (Å²) in [6.07, 6.45) is 2.59. The van der Waals surface area contributed by atoms with E-state index in [1.54, 1.807) is 6.07 Å². The summed E-state index contributed by atoms with van der Waals surface area (Å²) >= 11 is 0. The van der Waals surface area contributed by atoms with Crippen molar-refractivity contribution in [1.29, 1.82) is 0 Å². The largest absolute Gasteiger partial charge is 0.465 e. The van der Waals surface area contributed by atoms with Gasteiger partial charge in [0.05, 0.1) is 23.6 Å². The fourth-order valence-electron chi connectivity index (χ4n) is 5.07. The maximum atomic E-state index is 13.5. The molecule has 2 aromatic carbocycles. The van der Waals surface area contributed by atoms with Gasteiger partial charge in [0, 0.05) is 18.7 Å². The highest BCUT2D eigenvalue weighted by molar-refractivity contribution is 7.93. The van der Waals surface area contributed by atoms with Gasteiger partial charge in [-0.1, -0.05) is 43.2 Å². The zero-order chi connectivity index (χ0) is 25.7. The van der Waals surface area contributed by atoms with E-state index in [1.807, 2.05) is 42.5 Å². The Hall–Kier alpha value is -3.11. The van der Waals surface area contributed by atoms with Crippen LogP contribution in [0.4, 0.5) is 10.5 Å². The van der Waals surface area contributed by atoms with Gasteiger partial charge in [-0.15, -0.1) is 0 Å². The Labute approximate surface area is 211 Å². The number of hydrogen-bond donors (Lipinski definition) is 4. The summed E-state index contributed by atoms with van der Waals surface area (Å²) in [5.41, 5.74) is 2.65. The van der Waals surface area contributed by atoms with Crippen molar-refractivity contribution in [3.05, 3.63) is 65.2 Å². The first kappa shape index (κ1) is 26.0. The number of sulfonamides is 1. The molecule has 9 nitrogen and oxygen atoms in total. The van der Waals surface area contributed by atoms with E-state index in [2.05, 4.69) is 10.6 Å². The molecule has 2 amide bonds. The summed E-state index contributed by atoms with van der Waals surface area (Å²) in [5, 5.41) is 24.7. The van der Waals surface area contributed by atoms with Crippen molar-refractivity contribution in [2.24, 2.45) is 0 Å². The van der Waals surface area contributed by atoms with Crippen molar-refractivity contribution in [3.8, 4) is 0 Å². The van der Waals surface area contributed by atoms with Gasteiger partial charge >= 0.3 is 6.09 Å². The summed E-state index contributed by atoms with van der Waals surface area (Å²) in [6.45, 7) is 0.139. The minimum atomic E-state index is -3.42. The van der Waals surface area contributed by atoms with Crippen LogP contribution < -0.4 is 14.9 Å². The average molecular weight is 516 g/mol. The lowest BCUT2D eigenvalue weighted by Crippen LogP contribution is -2.49. The maximum Gasteiger partial charge on any atom is 0.404 e. The van der Waals surface area contributed by atoms with Gasteiger partial charge in [0.2, 0.25) is 10.0 Å². The molecule has 0 bridgehead atoms. The second-order valence-electron chi connectivity index (χ2n) is 9.56. The van der Waals surface area contributed by atoms with Crippen LogP contribution >= 0.6 is 0 Å². The van der Waals surface area contributed by atoms with Crippen molar-refractivity contribution in [2.45, 2.75) is 56.6 Å². The van der Waals surface area contributed by atoms with Crippen molar-refractivity contribution >= 4 is 27.7 Å². The number of carboxylic acid groups (broad SMARTS) is 1. The lowest BCUT2D eigenvalue weighted by atomic mass is 9.94. The van der Waals surface area contributed by atoms with Crippen LogP contribution in [0.25, 0.3) is 0 Å². The highest BCUT2D eigenvalue weighted by Gasteiger charge is 2.31. The Morgan fingerprint density at radius 2 is 1.78 bits per heavy atom. The number of rotatable bonds is 9. The Kier molecular flexibility index (Phi) is 8.15. The topological polar surface area (TPSA) is 136 Å². The minimum absolute atomic E-state index is 0.0874. The van der Waals surface area contributed by atoms with Crippen LogP contribution in [-0.2, 0) is 16.4 Å². The molecule has 2 aromatic rings. The molecule has 0 aromatic heterocycles. The Bertz CT molecular complexity index is 1180. The molecule has 1 aliphatic heterocycles. The monoisotopic (exact) mass is 515 g/mol. The Morgan fingerprint density at radius 1 is 1.06 bits per heavy atom. The normalized spacial score (nSPS) is 19.1. The first-order valence-electron chi connectivity index (χ1n) is 12.4. The van der Waals surface area contributed by atoms with E-state index in [-0.39, 0.29) is 18.2 Å². The molecule has 10 heteroatoms. The first-order valence-corrected chi connectivity index (χ1v) is 14.0. The molecule has 194 valence electrons. The molecule has 1 saturated heterocycles. The van der Waals surface area contributed by atoms with Crippen LogP contribution in [0.2, 0.25) is 0 Å².